The first-order valence-corrected chi connectivity index (χ1v) is 9.57. The van der Waals surface area contributed by atoms with Crippen molar-refractivity contribution in [3.63, 3.8) is 0 Å². The number of carbonyl (C=O) groups is 2. The van der Waals surface area contributed by atoms with Gasteiger partial charge in [0.1, 0.15) is 5.75 Å². The van der Waals surface area contributed by atoms with Crippen molar-refractivity contribution in [3.8, 4) is 5.75 Å². The fourth-order valence-electron chi connectivity index (χ4n) is 3.44. The summed E-state index contributed by atoms with van der Waals surface area (Å²) < 4.78 is 5.21. The van der Waals surface area contributed by atoms with Crippen molar-refractivity contribution in [1.29, 1.82) is 0 Å². The number of nitrogens with one attached hydrogen (secondary N) is 1. The number of hydrogen-bond donors (Lipinski definition) is 1. The minimum atomic E-state index is -0.145. The van der Waals surface area contributed by atoms with Crippen LogP contribution in [-0.4, -0.2) is 54.9 Å². The van der Waals surface area contributed by atoms with Crippen molar-refractivity contribution in [3.05, 3.63) is 59.7 Å². The van der Waals surface area contributed by atoms with Gasteiger partial charge in [-0.15, -0.1) is 0 Å². The maximum Gasteiger partial charge on any atom is 0.253 e. The molecule has 0 bridgehead atoms. The van der Waals surface area contributed by atoms with Crippen LogP contribution in [0.1, 0.15) is 29.3 Å². The van der Waals surface area contributed by atoms with Crippen LogP contribution in [0.25, 0.3) is 0 Å². The first-order chi connectivity index (χ1) is 13.5. The van der Waals surface area contributed by atoms with E-state index in [-0.39, 0.29) is 11.8 Å². The number of carbonyl (C=O) groups excluding carboxylic acids is 2. The van der Waals surface area contributed by atoms with E-state index in [1.807, 2.05) is 17.0 Å². The second-order valence-electron chi connectivity index (χ2n) is 7.03. The van der Waals surface area contributed by atoms with Crippen molar-refractivity contribution in [2.75, 3.05) is 38.6 Å². The lowest BCUT2D eigenvalue weighted by Gasteiger charge is -2.22. The molecule has 28 heavy (non-hydrogen) atoms. The fraction of sp³-hybridized carbons (Fsp3) is 0.364. The molecule has 6 heteroatoms. The Morgan fingerprint density at radius 2 is 1.82 bits per heavy atom. The number of nitrogens with zero attached hydrogens (tertiary/aromatic N) is 2. The van der Waals surface area contributed by atoms with Crippen LogP contribution in [0.2, 0.25) is 0 Å². The third kappa shape index (κ3) is 5.33. The molecule has 2 amide bonds. The van der Waals surface area contributed by atoms with Gasteiger partial charge in [-0.25, -0.2) is 0 Å². The minimum absolute atomic E-state index is 0.0125. The summed E-state index contributed by atoms with van der Waals surface area (Å²) in [6.45, 7) is 5.55. The zero-order valence-electron chi connectivity index (χ0n) is 16.5. The first-order valence-electron chi connectivity index (χ1n) is 9.57. The smallest absolute Gasteiger partial charge is 0.253 e. The minimum Gasteiger partial charge on any atom is -0.497 e. The van der Waals surface area contributed by atoms with Gasteiger partial charge in [-0.05, 0) is 42.3 Å². The third-order valence-corrected chi connectivity index (χ3v) is 4.87. The van der Waals surface area contributed by atoms with Crippen LogP contribution in [-0.2, 0) is 11.3 Å². The molecule has 6 nitrogen and oxygen atoms in total. The molecule has 1 heterocycles. The second kappa shape index (κ2) is 9.37. The molecule has 1 saturated heterocycles. The average Bonchev–Trinajstić information content (AvgIpc) is 2.93. The maximum absolute atomic E-state index is 12.9. The number of methoxy groups -OCH3 is 1. The van der Waals surface area contributed by atoms with E-state index in [0.29, 0.717) is 17.8 Å². The van der Waals surface area contributed by atoms with Gasteiger partial charge >= 0.3 is 0 Å². The summed E-state index contributed by atoms with van der Waals surface area (Å²) in [6.07, 6.45) is 0.938. The summed E-state index contributed by atoms with van der Waals surface area (Å²) in [6, 6.07) is 15.2. The molecule has 0 aromatic heterocycles. The number of benzene rings is 2. The number of anilines is 1. The van der Waals surface area contributed by atoms with Crippen LogP contribution in [0.3, 0.4) is 0 Å². The second-order valence-corrected chi connectivity index (χ2v) is 7.03. The summed E-state index contributed by atoms with van der Waals surface area (Å²) in [5, 5.41) is 2.73. The molecule has 0 saturated carbocycles. The normalized spacial score (nSPS) is 15.0. The van der Waals surface area contributed by atoms with Crippen molar-refractivity contribution >= 4 is 17.5 Å². The lowest BCUT2D eigenvalue weighted by molar-refractivity contribution is -0.114. The maximum atomic E-state index is 12.9. The molecular weight excluding hydrogens is 354 g/mol. The van der Waals surface area contributed by atoms with E-state index in [1.54, 1.807) is 31.4 Å². The largest absolute Gasteiger partial charge is 0.497 e. The standard InChI is InChI=1S/C22H27N3O3/c1-17(26)23-20-6-3-5-19(15-20)22(27)25-12-4-11-24(13-14-25)16-18-7-9-21(28-2)10-8-18/h3,5-10,15H,4,11-14,16H2,1-2H3,(H,23,26). The zero-order valence-corrected chi connectivity index (χ0v) is 16.5. The Kier molecular flexibility index (Phi) is 6.66. The lowest BCUT2D eigenvalue weighted by atomic mass is 10.1. The van der Waals surface area contributed by atoms with Gasteiger partial charge in [0.15, 0.2) is 0 Å². The predicted octanol–water partition coefficient (Wildman–Crippen LogP) is 3.00. The lowest BCUT2D eigenvalue weighted by Crippen LogP contribution is -2.35. The van der Waals surface area contributed by atoms with Crippen LogP contribution in [0.15, 0.2) is 48.5 Å². The molecule has 3 rings (SSSR count). The van der Waals surface area contributed by atoms with E-state index in [0.717, 1.165) is 38.3 Å². The van der Waals surface area contributed by atoms with Gasteiger partial charge in [0.05, 0.1) is 7.11 Å². The first kappa shape index (κ1) is 19.9. The SMILES string of the molecule is COc1ccc(CN2CCCN(C(=O)c3cccc(NC(C)=O)c3)CC2)cc1. The quantitative estimate of drug-likeness (QED) is 0.865. The fourth-order valence-corrected chi connectivity index (χ4v) is 3.44. The van der Waals surface area contributed by atoms with Gasteiger partial charge in [0.2, 0.25) is 5.91 Å². The van der Waals surface area contributed by atoms with Gasteiger partial charge in [-0.1, -0.05) is 18.2 Å². The number of rotatable bonds is 5. The van der Waals surface area contributed by atoms with E-state index in [9.17, 15) is 9.59 Å². The summed E-state index contributed by atoms with van der Waals surface area (Å²) in [4.78, 5) is 28.4. The Morgan fingerprint density at radius 1 is 1.04 bits per heavy atom. The number of amides is 2. The third-order valence-electron chi connectivity index (χ3n) is 4.87. The van der Waals surface area contributed by atoms with Crippen LogP contribution in [0, 0.1) is 0 Å². The molecule has 2 aromatic carbocycles. The Hall–Kier alpha value is -2.86. The van der Waals surface area contributed by atoms with Gasteiger partial charge in [0.25, 0.3) is 5.91 Å². The Bertz CT molecular complexity index is 820. The van der Waals surface area contributed by atoms with E-state index in [1.165, 1.54) is 12.5 Å². The van der Waals surface area contributed by atoms with E-state index >= 15 is 0 Å². The van der Waals surface area contributed by atoms with Gasteiger partial charge in [-0.3, -0.25) is 14.5 Å². The van der Waals surface area contributed by atoms with E-state index in [2.05, 4.69) is 22.3 Å². The molecule has 1 fully saturated rings. The molecule has 1 aliphatic heterocycles. The molecule has 0 atom stereocenters. The van der Waals surface area contributed by atoms with Crippen molar-refractivity contribution < 1.29 is 14.3 Å². The molecule has 0 radical (unpaired) electrons. The van der Waals surface area contributed by atoms with Crippen LogP contribution >= 0.6 is 0 Å². The molecule has 0 aliphatic carbocycles. The van der Waals surface area contributed by atoms with Crippen molar-refractivity contribution in [2.24, 2.45) is 0 Å². The summed E-state index contributed by atoms with van der Waals surface area (Å²) >= 11 is 0. The Labute approximate surface area is 166 Å². The molecule has 148 valence electrons. The molecule has 0 spiro atoms. The number of hydrogen-bond acceptors (Lipinski definition) is 4. The monoisotopic (exact) mass is 381 g/mol. The van der Waals surface area contributed by atoms with E-state index < -0.39 is 0 Å². The topological polar surface area (TPSA) is 61.9 Å². The zero-order chi connectivity index (χ0) is 19.9. The molecule has 0 unspecified atom stereocenters. The van der Waals surface area contributed by atoms with Gasteiger partial charge in [-0.2, -0.15) is 0 Å². The summed E-state index contributed by atoms with van der Waals surface area (Å²) in [5.74, 6) is 0.727. The highest BCUT2D eigenvalue weighted by molar-refractivity contribution is 5.96. The average molecular weight is 381 g/mol. The molecular formula is C22H27N3O3. The highest BCUT2D eigenvalue weighted by Gasteiger charge is 2.20. The van der Waals surface area contributed by atoms with Crippen molar-refractivity contribution in [2.45, 2.75) is 19.9 Å². The van der Waals surface area contributed by atoms with E-state index in [4.69, 9.17) is 4.74 Å². The van der Waals surface area contributed by atoms with Gasteiger partial charge < -0.3 is 15.0 Å². The predicted molar refractivity (Wildman–Crippen MR) is 110 cm³/mol. The number of ether oxygens (including phenoxy) is 1. The van der Waals surface area contributed by atoms with Gasteiger partial charge in [0, 0.05) is 50.9 Å². The summed E-state index contributed by atoms with van der Waals surface area (Å²) in [7, 11) is 1.67. The summed E-state index contributed by atoms with van der Waals surface area (Å²) in [5.41, 5.74) is 2.49. The Balaban J connectivity index is 1.59. The van der Waals surface area contributed by atoms with Crippen LogP contribution in [0.4, 0.5) is 5.69 Å². The highest BCUT2D eigenvalue weighted by atomic mass is 16.5. The van der Waals surface area contributed by atoms with Crippen molar-refractivity contribution in [1.82, 2.24) is 9.80 Å². The molecule has 2 aromatic rings. The van der Waals surface area contributed by atoms with Crippen LogP contribution < -0.4 is 10.1 Å². The molecule has 1 aliphatic rings. The van der Waals surface area contributed by atoms with Crippen LogP contribution in [0.5, 0.6) is 5.75 Å². The Morgan fingerprint density at radius 3 is 2.54 bits per heavy atom. The highest BCUT2D eigenvalue weighted by Crippen LogP contribution is 2.17. The molecule has 1 N–H and O–H groups in total.